The molecule has 1 saturated heterocycles. The molecule has 0 spiro atoms. The lowest BCUT2D eigenvalue weighted by molar-refractivity contribution is -0.120. The predicted octanol–water partition coefficient (Wildman–Crippen LogP) is 1.78. The SMILES string of the molecule is Cc1cc(C)c(S(=O)(=O)N2CCC(C(=O)Nc3c(C(N)=O)n[nH]c3C)CC2)c(C)c1. The molecular weight excluding hydrogens is 406 g/mol. The van der Waals surface area contributed by atoms with Crippen LogP contribution < -0.4 is 11.1 Å². The molecule has 1 aromatic heterocycles. The van der Waals surface area contributed by atoms with Crippen molar-refractivity contribution in [1.29, 1.82) is 0 Å². The molecule has 0 bridgehead atoms. The van der Waals surface area contributed by atoms with Crippen molar-refractivity contribution < 1.29 is 18.0 Å². The number of carbonyl (C=O) groups excluding carboxylic acids is 2. The number of hydrogen-bond acceptors (Lipinski definition) is 5. The molecule has 4 N–H and O–H groups in total. The standard InChI is InChI=1S/C20H27N5O4S/c1-11-9-12(2)18(13(3)10-11)30(28,29)25-7-5-15(6-8-25)20(27)22-16-14(4)23-24-17(16)19(21)26/h9-10,15H,5-8H2,1-4H3,(H2,21,26)(H,22,27)(H,23,24). The Kier molecular flexibility index (Phi) is 6.00. The average molecular weight is 434 g/mol. The Morgan fingerprint density at radius 1 is 1.13 bits per heavy atom. The zero-order valence-corrected chi connectivity index (χ0v) is 18.4. The second-order valence-corrected chi connectivity index (χ2v) is 9.71. The number of anilines is 1. The van der Waals surface area contributed by atoms with Crippen LogP contribution in [0.5, 0.6) is 0 Å². The molecule has 1 aliphatic rings. The summed E-state index contributed by atoms with van der Waals surface area (Å²) in [5.74, 6) is -1.38. The number of primary amides is 1. The first kappa shape index (κ1) is 22.0. The number of carbonyl (C=O) groups is 2. The van der Waals surface area contributed by atoms with Gasteiger partial charge in [-0.2, -0.15) is 9.40 Å². The number of amides is 2. The van der Waals surface area contributed by atoms with E-state index in [0.29, 0.717) is 23.4 Å². The van der Waals surface area contributed by atoms with E-state index in [-0.39, 0.29) is 36.3 Å². The van der Waals surface area contributed by atoms with Crippen LogP contribution in [0.4, 0.5) is 5.69 Å². The van der Waals surface area contributed by atoms with Crippen LogP contribution in [0.2, 0.25) is 0 Å². The maximum absolute atomic E-state index is 13.2. The molecule has 1 fully saturated rings. The minimum atomic E-state index is -3.64. The largest absolute Gasteiger partial charge is 0.364 e. The maximum atomic E-state index is 13.2. The van der Waals surface area contributed by atoms with Gasteiger partial charge in [-0.25, -0.2) is 8.42 Å². The van der Waals surface area contributed by atoms with Gasteiger partial charge in [0.05, 0.1) is 16.3 Å². The Labute approximate surface area is 176 Å². The van der Waals surface area contributed by atoms with Crippen molar-refractivity contribution in [2.45, 2.75) is 45.4 Å². The van der Waals surface area contributed by atoms with Crippen LogP contribution in [0.25, 0.3) is 0 Å². The monoisotopic (exact) mass is 433 g/mol. The van der Waals surface area contributed by atoms with Gasteiger partial charge in [-0.15, -0.1) is 0 Å². The summed E-state index contributed by atoms with van der Waals surface area (Å²) in [6.07, 6.45) is 0.773. The Morgan fingerprint density at radius 2 is 1.70 bits per heavy atom. The predicted molar refractivity (Wildman–Crippen MR) is 113 cm³/mol. The number of nitrogens with two attached hydrogens (primary N) is 1. The summed E-state index contributed by atoms with van der Waals surface area (Å²) >= 11 is 0. The smallest absolute Gasteiger partial charge is 0.271 e. The highest BCUT2D eigenvalue weighted by Crippen LogP contribution is 2.29. The molecule has 10 heteroatoms. The number of hydrogen-bond donors (Lipinski definition) is 3. The molecule has 0 atom stereocenters. The molecule has 0 unspecified atom stereocenters. The summed E-state index contributed by atoms with van der Waals surface area (Å²) in [5.41, 5.74) is 8.54. The Morgan fingerprint density at radius 3 is 2.23 bits per heavy atom. The topological polar surface area (TPSA) is 138 Å². The van der Waals surface area contributed by atoms with Crippen molar-refractivity contribution in [3.8, 4) is 0 Å². The molecule has 1 aliphatic heterocycles. The number of piperidine rings is 1. The van der Waals surface area contributed by atoms with Crippen LogP contribution in [0, 0.1) is 33.6 Å². The number of benzene rings is 1. The van der Waals surface area contributed by atoms with E-state index in [1.54, 1.807) is 20.8 Å². The Hall–Kier alpha value is -2.72. The summed E-state index contributed by atoms with van der Waals surface area (Å²) < 4.78 is 27.8. The first-order valence-corrected chi connectivity index (χ1v) is 11.2. The molecule has 3 rings (SSSR count). The van der Waals surface area contributed by atoms with Crippen LogP contribution in [0.15, 0.2) is 17.0 Å². The lowest BCUT2D eigenvalue weighted by Gasteiger charge is -2.31. The van der Waals surface area contributed by atoms with Crippen molar-refractivity contribution in [2.75, 3.05) is 18.4 Å². The Balaban J connectivity index is 1.71. The van der Waals surface area contributed by atoms with Crippen molar-refractivity contribution in [1.82, 2.24) is 14.5 Å². The number of rotatable bonds is 5. The number of sulfonamides is 1. The quantitative estimate of drug-likeness (QED) is 0.660. The van der Waals surface area contributed by atoms with E-state index < -0.39 is 15.9 Å². The van der Waals surface area contributed by atoms with Crippen molar-refractivity contribution in [2.24, 2.45) is 11.7 Å². The first-order chi connectivity index (χ1) is 14.0. The Bertz CT molecular complexity index is 1080. The summed E-state index contributed by atoms with van der Waals surface area (Å²) in [6.45, 7) is 7.72. The lowest BCUT2D eigenvalue weighted by atomic mass is 9.97. The van der Waals surface area contributed by atoms with Gasteiger partial charge in [0.25, 0.3) is 5.91 Å². The van der Waals surface area contributed by atoms with Crippen LogP contribution in [-0.4, -0.2) is 47.8 Å². The second-order valence-electron chi connectivity index (χ2n) is 7.83. The highest BCUT2D eigenvalue weighted by Gasteiger charge is 2.34. The van der Waals surface area contributed by atoms with E-state index in [4.69, 9.17) is 5.73 Å². The minimum Gasteiger partial charge on any atom is -0.364 e. The molecule has 1 aromatic carbocycles. The molecule has 9 nitrogen and oxygen atoms in total. The third kappa shape index (κ3) is 4.10. The molecule has 30 heavy (non-hydrogen) atoms. The third-order valence-corrected chi connectivity index (χ3v) is 7.66. The van der Waals surface area contributed by atoms with Crippen LogP contribution in [0.1, 0.15) is 45.7 Å². The van der Waals surface area contributed by atoms with Gasteiger partial charge >= 0.3 is 0 Å². The first-order valence-electron chi connectivity index (χ1n) is 9.76. The van der Waals surface area contributed by atoms with Crippen molar-refractivity contribution in [3.63, 3.8) is 0 Å². The fourth-order valence-electron chi connectivity index (χ4n) is 4.05. The summed E-state index contributed by atoms with van der Waals surface area (Å²) in [7, 11) is -3.64. The molecule has 0 aliphatic carbocycles. The van der Waals surface area contributed by atoms with E-state index >= 15 is 0 Å². The van der Waals surface area contributed by atoms with Crippen LogP contribution in [0.3, 0.4) is 0 Å². The van der Waals surface area contributed by atoms with Gasteiger partial charge in [0.2, 0.25) is 15.9 Å². The van der Waals surface area contributed by atoms with E-state index in [1.165, 1.54) is 4.31 Å². The maximum Gasteiger partial charge on any atom is 0.271 e. The third-order valence-electron chi connectivity index (χ3n) is 5.46. The van der Waals surface area contributed by atoms with Gasteiger partial charge in [-0.05, 0) is 51.7 Å². The number of nitrogens with one attached hydrogen (secondary N) is 2. The average Bonchev–Trinajstić information content (AvgIpc) is 3.01. The fraction of sp³-hybridized carbons (Fsp3) is 0.450. The molecule has 162 valence electrons. The van der Waals surface area contributed by atoms with E-state index in [2.05, 4.69) is 15.5 Å². The van der Waals surface area contributed by atoms with Gasteiger partial charge in [-0.3, -0.25) is 14.7 Å². The zero-order chi connectivity index (χ0) is 22.2. The van der Waals surface area contributed by atoms with Crippen LogP contribution >= 0.6 is 0 Å². The number of aromatic amines is 1. The van der Waals surface area contributed by atoms with Crippen molar-refractivity contribution >= 4 is 27.5 Å². The second kappa shape index (κ2) is 8.19. The number of H-pyrrole nitrogens is 1. The van der Waals surface area contributed by atoms with Gasteiger partial charge in [0.1, 0.15) is 0 Å². The fourth-order valence-corrected chi connectivity index (χ4v) is 5.93. The molecular formula is C20H27N5O4S. The summed E-state index contributed by atoms with van der Waals surface area (Å²) in [4.78, 5) is 24.5. The molecule has 0 saturated carbocycles. The summed E-state index contributed by atoms with van der Waals surface area (Å²) in [6, 6.07) is 3.73. The number of nitrogens with zero attached hydrogens (tertiary/aromatic N) is 2. The highest BCUT2D eigenvalue weighted by atomic mass is 32.2. The molecule has 2 aromatic rings. The highest BCUT2D eigenvalue weighted by molar-refractivity contribution is 7.89. The molecule has 2 heterocycles. The summed E-state index contributed by atoms with van der Waals surface area (Å²) in [5, 5.41) is 9.16. The van der Waals surface area contributed by atoms with Gasteiger partial charge < -0.3 is 11.1 Å². The van der Waals surface area contributed by atoms with E-state index in [1.807, 2.05) is 19.1 Å². The van der Waals surface area contributed by atoms with Gasteiger partial charge in [0.15, 0.2) is 5.69 Å². The van der Waals surface area contributed by atoms with Gasteiger partial charge in [0, 0.05) is 19.0 Å². The number of aromatic nitrogens is 2. The minimum absolute atomic E-state index is 0.0221. The molecule has 2 amide bonds. The van der Waals surface area contributed by atoms with Gasteiger partial charge in [-0.1, -0.05) is 17.7 Å². The molecule has 0 radical (unpaired) electrons. The van der Waals surface area contributed by atoms with E-state index in [0.717, 1.165) is 16.7 Å². The van der Waals surface area contributed by atoms with Crippen LogP contribution in [-0.2, 0) is 14.8 Å². The normalized spacial score (nSPS) is 15.9. The van der Waals surface area contributed by atoms with Crippen molar-refractivity contribution in [3.05, 3.63) is 40.2 Å². The number of aryl methyl sites for hydroxylation is 4. The lowest BCUT2D eigenvalue weighted by Crippen LogP contribution is -2.42. The zero-order valence-electron chi connectivity index (χ0n) is 17.6. The van der Waals surface area contributed by atoms with E-state index in [9.17, 15) is 18.0 Å².